The van der Waals surface area contributed by atoms with Gasteiger partial charge in [-0.15, -0.1) is 0 Å². The molecule has 0 aliphatic heterocycles. The lowest BCUT2D eigenvalue weighted by Crippen LogP contribution is -2.34. The second-order valence-electron chi connectivity index (χ2n) is 5.78. The Morgan fingerprint density at radius 2 is 1.96 bits per heavy atom. The molecule has 0 unspecified atom stereocenters. The summed E-state index contributed by atoms with van der Waals surface area (Å²) in [6.07, 6.45) is -1.95. The first-order chi connectivity index (χ1) is 10.8. The van der Waals surface area contributed by atoms with Crippen molar-refractivity contribution < 1.29 is 27.8 Å². The van der Waals surface area contributed by atoms with Crippen LogP contribution in [0, 0.1) is 5.92 Å². The molecule has 2 N–H and O–H groups in total. The predicted molar refractivity (Wildman–Crippen MR) is 77.8 cm³/mol. The van der Waals surface area contributed by atoms with Crippen LogP contribution in [0.15, 0.2) is 24.3 Å². The van der Waals surface area contributed by atoms with E-state index in [9.17, 15) is 23.1 Å². The highest BCUT2D eigenvalue weighted by atomic mass is 19.4. The number of ether oxygens (including phenoxy) is 1. The molecule has 1 aromatic carbocycles. The number of hydrogen-bond acceptors (Lipinski definition) is 3. The van der Waals surface area contributed by atoms with Crippen molar-refractivity contribution in [2.24, 2.45) is 5.92 Å². The van der Waals surface area contributed by atoms with E-state index in [0.717, 1.165) is 24.8 Å². The fraction of sp³-hybridized carbons (Fsp3) is 0.562. The lowest BCUT2D eigenvalue weighted by atomic mass is 9.86. The molecule has 0 saturated heterocycles. The molecular weight excluding hydrogens is 311 g/mol. The van der Waals surface area contributed by atoms with Gasteiger partial charge in [0.05, 0.1) is 6.10 Å². The van der Waals surface area contributed by atoms with Crippen molar-refractivity contribution in [3.63, 3.8) is 0 Å². The van der Waals surface area contributed by atoms with Crippen molar-refractivity contribution in [3.8, 4) is 5.75 Å². The Morgan fingerprint density at radius 1 is 1.26 bits per heavy atom. The number of carbonyl (C=O) groups excluding carboxylic acids is 1. The van der Waals surface area contributed by atoms with Crippen LogP contribution in [-0.2, 0) is 11.3 Å². The molecule has 0 radical (unpaired) electrons. The van der Waals surface area contributed by atoms with Crippen molar-refractivity contribution in [2.75, 3.05) is 6.61 Å². The monoisotopic (exact) mass is 331 g/mol. The minimum atomic E-state index is -4.36. The Hall–Kier alpha value is -1.76. The minimum Gasteiger partial charge on any atom is -0.484 e. The number of nitrogens with one attached hydrogen (secondary N) is 1. The molecule has 0 spiro atoms. The summed E-state index contributed by atoms with van der Waals surface area (Å²) in [6, 6.07) is 6.11. The topological polar surface area (TPSA) is 58.6 Å². The molecule has 23 heavy (non-hydrogen) atoms. The maximum atomic E-state index is 12.0. The minimum absolute atomic E-state index is 0.0962. The summed E-state index contributed by atoms with van der Waals surface area (Å²) in [4.78, 5) is 12.0. The molecule has 7 heteroatoms. The zero-order valence-corrected chi connectivity index (χ0v) is 12.6. The molecule has 1 aliphatic carbocycles. The highest BCUT2D eigenvalue weighted by Crippen LogP contribution is 2.24. The third kappa shape index (κ3) is 6.09. The molecule has 2 atom stereocenters. The molecule has 128 valence electrons. The van der Waals surface area contributed by atoms with Crippen molar-refractivity contribution >= 4 is 5.91 Å². The van der Waals surface area contributed by atoms with Gasteiger partial charge >= 0.3 is 6.18 Å². The standard InChI is InChI=1S/C16H20F3NO3/c17-16(18,19)10-23-14-6-4-11(5-7-14)9-20-15(22)12-2-1-3-13(21)8-12/h4-7,12-13,21H,1-3,8-10H2,(H,20,22)/t12-,13+/m0/s1. The van der Waals surface area contributed by atoms with E-state index in [0.29, 0.717) is 13.0 Å². The number of hydrogen-bond donors (Lipinski definition) is 2. The van der Waals surface area contributed by atoms with Gasteiger partial charge in [-0.2, -0.15) is 13.2 Å². The van der Waals surface area contributed by atoms with Crippen molar-refractivity contribution in [1.82, 2.24) is 5.32 Å². The first kappa shape index (κ1) is 17.6. The molecule has 1 aliphatic rings. The van der Waals surface area contributed by atoms with Gasteiger partial charge < -0.3 is 15.2 Å². The van der Waals surface area contributed by atoms with Gasteiger partial charge in [-0.25, -0.2) is 0 Å². The number of aliphatic hydroxyl groups is 1. The number of carbonyl (C=O) groups is 1. The van der Waals surface area contributed by atoms with E-state index in [1.807, 2.05) is 0 Å². The van der Waals surface area contributed by atoms with Gasteiger partial charge in [0.15, 0.2) is 6.61 Å². The van der Waals surface area contributed by atoms with Gasteiger partial charge in [-0.05, 0) is 37.0 Å². The summed E-state index contributed by atoms with van der Waals surface area (Å²) < 4.78 is 40.8. The van der Waals surface area contributed by atoms with E-state index in [4.69, 9.17) is 0 Å². The Kier molecular flexibility index (Phi) is 5.87. The van der Waals surface area contributed by atoms with E-state index < -0.39 is 18.9 Å². The van der Waals surface area contributed by atoms with Crippen LogP contribution in [0.1, 0.15) is 31.2 Å². The van der Waals surface area contributed by atoms with Crippen molar-refractivity contribution in [3.05, 3.63) is 29.8 Å². The van der Waals surface area contributed by atoms with Crippen LogP contribution in [-0.4, -0.2) is 29.9 Å². The fourth-order valence-corrected chi connectivity index (χ4v) is 2.60. The van der Waals surface area contributed by atoms with Crippen LogP contribution >= 0.6 is 0 Å². The van der Waals surface area contributed by atoms with E-state index >= 15 is 0 Å². The van der Waals surface area contributed by atoms with Crippen LogP contribution in [0.3, 0.4) is 0 Å². The molecule has 1 saturated carbocycles. The Bertz CT molecular complexity index is 516. The van der Waals surface area contributed by atoms with Gasteiger partial charge in [-0.1, -0.05) is 18.6 Å². The maximum absolute atomic E-state index is 12.0. The van der Waals surface area contributed by atoms with Crippen LogP contribution in [0.25, 0.3) is 0 Å². The zero-order valence-electron chi connectivity index (χ0n) is 12.6. The Morgan fingerprint density at radius 3 is 2.57 bits per heavy atom. The summed E-state index contributed by atoms with van der Waals surface area (Å²) in [5, 5.41) is 12.4. The lowest BCUT2D eigenvalue weighted by Gasteiger charge is -2.24. The second kappa shape index (κ2) is 7.68. The van der Waals surface area contributed by atoms with Crippen molar-refractivity contribution in [1.29, 1.82) is 0 Å². The molecule has 1 amide bonds. The third-order valence-electron chi connectivity index (χ3n) is 3.81. The third-order valence-corrected chi connectivity index (χ3v) is 3.81. The van der Waals surface area contributed by atoms with Gasteiger partial charge in [0, 0.05) is 12.5 Å². The molecule has 0 heterocycles. The van der Waals surface area contributed by atoms with Crippen LogP contribution in [0.4, 0.5) is 13.2 Å². The number of aliphatic hydroxyl groups excluding tert-OH is 1. The van der Waals surface area contributed by atoms with Gasteiger partial charge in [-0.3, -0.25) is 4.79 Å². The summed E-state index contributed by atoms with van der Waals surface area (Å²) in [5.41, 5.74) is 0.772. The summed E-state index contributed by atoms with van der Waals surface area (Å²) in [6.45, 7) is -1.03. The quantitative estimate of drug-likeness (QED) is 0.872. The molecule has 4 nitrogen and oxygen atoms in total. The Labute approximate surface area is 132 Å². The fourth-order valence-electron chi connectivity index (χ4n) is 2.60. The SMILES string of the molecule is O=C(NCc1ccc(OCC(F)(F)F)cc1)[C@H]1CCC[C@@H](O)C1. The zero-order chi connectivity index (χ0) is 16.9. The van der Waals surface area contributed by atoms with E-state index in [1.165, 1.54) is 12.1 Å². The van der Waals surface area contributed by atoms with Crippen LogP contribution < -0.4 is 10.1 Å². The molecule has 2 rings (SSSR count). The summed E-state index contributed by atoms with van der Waals surface area (Å²) >= 11 is 0. The van der Waals surface area contributed by atoms with Crippen LogP contribution in [0.5, 0.6) is 5.75 Å². The van der Waals surface area contributed by atoms with Crippen LogP contribution in [0.2, 0.25) is 0 Å². The van der Waals surface area contributed by atoms with E-state index in [1.54, 1.807) is 12.1 Å². The maximum Gasteiger partial charge on any atom is 0.422 e. The average molecular weight is 331 g/mol. The first-order valence-electron chi connectivity index (χ1n) is 7.58. The highest BCUT2D eigenvalue weighted by Gasteiger charge is 2.28. The molecular formula is C16H20F3NO3. The van der Waals surface area contributed by atoms with E-state index in [2.05, 4.69) is 10.1 Å². The van der Waals surface area contributed by atoms with Gasteiger partial charge in [0.1, 0.15) is 5.75 Å². The van der Waals surface area contributed by atoms with Crippen molar-refractivity contribution in [2.45, 2.75) is 44.5 Å². The Balaban J connectivity index is 1.78. The second-order valence-corrected chi connectivity index (χ2v) is 5.78. The first-order valence-corrected chi connectivity index (χ1v) is 7.58. The largest absolute Gasteiger partial charge is 0.484 e. The number of benzene rings is 1. The smallest absolute Gasteiger partial charge is 0.422 e. The lowest BCUT2D eigenvalue weighted by molar-refractivity contribution is -0.153. The molecule has 1 aromatic rings. The summed E-state index contributed by atoms with van der Waals surface area (Å²) in [5.74, 6) is -0.137. The van der Waals surface area contributed by atoms with Gasteiger partial charge in [0.25, 0.3) is 0 Å². The van der Waals surface area contributed by atoms with Gasteiger partial charge in [0.2, 0.25) is 5.91 Å². The number of halogens is 3. The number of alkyl halides is 3. The molecule has 1 fully saturated rings. The normalized spacial score (nSPS) is 21.7. The average Bonchev–Trinajstić information content (AvgIpc) is 2.51. The predicted octanol–water partition coefficient (Wildman–Crippen LogP) is 2.80. The molecule has 0 aromatic heterocycles. The highest BCUT2D eigenvalue weighted by molar-refractivity contribution is 5.78. The van der Waals surface area contributed by atoms with E-state index in [-0.39, 0.29) is 17.6 Å². The number of rotatable bonds is 5. The summed E-state index contributed by atoms with van der Waals surface area (Å²) in [7, 11) is 0. The molecule has 0 bridgehead atoms. The number of amides is 1.